The summed E-state index contributed by atoms with van der Waals surface area (Å²) >= 11 is 0. The number of carbonyl (C=O) groups is 1. The smallest absolute Gasteiger partial charge is 0.236 e. The van der Waals surface area contributed by atoms with Gasteiger partial charge in [0.2, 0.25) is 5.91 Å². The van der Waals surface area contributed by atoms with E-state index in [0.717, 1.165) is 19.4 Å². The molecule has 5 nitrogen and oxygen atoms in total. The zero-order valence-electron chi connectivity index (χ0n) is 10.4. The molecule has 94 valence electrons. The van der Waals surface area contributed by atoms with Gasteiger partial charge in [-0.3, -0.25) is 9.69 Å². The number of likely N-dealkylation sites (N-methyl/N-ethyl adjacent to an activating group) is 1. The lowest BCUT2D eigenvalue weighted by Gasteiger charge is -2.41. The summed E-state index contributed by atoms with van der Waals surface area (Å²) in [6, 6.07) is 0.127. The number of nitrogens with one attached hydrogen (secondary N) is 1. The summed E-state index contributed by atoms with van der Waals surface area (Å²) in [5, 5.41) is 2.68. The van der Waals surface area contributed by atoms with Crippen LogP contribution in [0.1, 0.15) is 19.8 Å². The Hall–Kier alpha value is -0.650. The van der Waals surface area contributed by atoms with E-state index in [4.69, 9.17) is 10.5 Å². The quantitative estimate of drug-likeness (QED) is 0.686. The van der Waals surface area contributed by atoms with Gasteiger partial charge in [-0.15, -0.1) is 0 Å². The van der Waals surface area contributed by atoms with Gasteiger partial charge in [-0.2, -0.15) is 0 Å². The van der Waals surface area contributed by atoms with E-state index < -0.39 is 0 Å². The molecule has 1 saturated heterocycles. The number of likely N-dealkylation sites (tertiary alicyclic amines) is 1. The Balaban J connectivity index is 2.62. The number of rotatable bonds is 4. The first-order valence-electron chi connectivity index (χ1n) is 5.84. The fraction of sp³-hybridized carbons (Fsp3) is 0.909. The van der Waals surface area contributed by atoms with Gasteiger partial charge in [0.05, 0.1) is 12.1 Å². The van der Waals surface area contributed by atoms with Gasteiger partial charge >= 0.3 is 0 Å². The summed E-state index contributed by atoms with van der Waals surface area (Å²) in [5.74, 6) is 0.0503. The molecule has 1 aliphatic heterocycles. The van der Waals surface area contributed by atoms with Gasteiger partial charge in [-0.05, 0) is 19.8 Å². The summed E-state index contributed by atoms with van der Waals surface area (Å²) in [4.78, 5) is 13.8. The minimum Gasteiger partial charge on any atom is -0.381 e. The molecule has 0 aromatic carbocycles. The monoisotopic (exact) mass is 229 g/mol. The van der Waals surface area contributed by atoms with Crippen LogP contribution in [0.25, 0.3) is 0 Å². The molecule has 0 saturated carbocycles. The van der Waals surface area contributed by atoms with E-state index in [1.54, 1.807) is 14.2 Å². The summed E-state index contributed by atoms with van der Waals surface area (Å²) < 4.78 is 5.36. The van der Waals surface area contributed by atoms with Crippen LogP contribution in [0, 0.1) is 0 Å². The molecule has 1 fully saturated rings. The molecule has 0 radical (unpaired) electrons. The van der Waals surface area contributed by atoms with Crippen LogP contribution in [0.4, 0.5) is 0 Å². The molecular weight excluding hydrogens is 206 g/mol. The van der Waals surface area contributed by atoms with Crippen molar-refractivity contribution in [1.29, 1.82) is 0 Å². The molecule has 3 atom stereocenters. The summed E-state index contributed by atoms with van der Waals surface area (Å²) in [7, 11) is 3.40. The number of methoxy groups -OCH3 is 1. The van der Waals surface area contributed by atoms with Crippen molar-refractivity contribution in [3.8, 4) is 0 Å². The Morgan fingerprint density at radius 1 is 1.69 bits per heavy atom. The molecule has 16 heavy (non-hydrogen) atoms. The number of carbonyl (C=O) groups excluding carboxylic acids is 1. The van der Waals surface area contributed by atoms with Crippen LogP contribution in [0.2, 0.25) is 0 Å². The van der Waals surface area contributed by atoms with E-state index in [-0.39, 0.29) is 24.1 Å². The Morgan fingerprint density at radius 3 is 2.88 bits per heavy atom. The number of ether oxygens (including phenoxy) is 1. The molecule has 0 aliphatic carbocycles. The first kappa shape index (κ1) is 13.4. The van der Waals surface area contributed by atoms with Gasteiger partial charge in [0.15, 0.2) is 0 Å². The van der Waals surface area contributed by atoms with Gasteiger partial charge in [-0.1, -0.05) is 0 Å². The summed E-state index contributed by atoms with van der Waals surface area (Å²) in [5.41, 5.74) is 5.76. The first-order valence-corrected chi connectivity index (χ1v) is 5.84. The minimum atomic E-state index is -0.114. The number of nitrogens with two attached hydrogens (primary N) is 1. The highest BCUT2D eigenvalue weighted by molar-refractivity contribution is 5.81. The molecule has 0 aromatic heterocycles. The van der Waals surface area contributed by atoms with Crippen LogP contribution in [0.15, 0.2) is 0 Å². The second kappa shape index (κ2) is 6.18. The maximum atomic E-state index is 11.6. The summed E-state index contributed by atoms with van der Waals surface area (Å²) in [6.07, 6.45) is 2.16. The first-order chi connectivity index (χ1) is 7.63. The SMILES string of the molecule is CNC(=O)C(C)N1CCC(OC)CC1CN. The number of piperidine rings is 1. The van der Waals surface area contributed by atoms with Gasteiger partial charge in [-0.25, -0.2) is 0 Å². The molecule has 3 unspecified atom stereocenters. The van der Waals surface area contributed by atoms with E-state index in [9.17, 15) is 4.79 Å². The molecule has 3 N–H and O–H groups in total. The van der Waals surface area contributed by atoms with Crippen LogP contribution < -0.4 is 11.1 Å². The van der Waals surface area contributed by atoms with E-state index >= 15 is 0 Å². The highest BCUT2D eigenvalue weighted by Crippen LogP contribution is 2.21. The molecule has 1 rings (SSSR count). The molecule has 0 aromatic rings. The van der Waals surface area contributed by atoms with Gasteiger partial charge in [0, 0.05) is 33.3 Å². The van der Waals surface area contributed by atoms with Crippen LogP contribution >= 0.6 is 0 Å². The molecule has 1 aliphatic rings. The highest BCUT2D eigenvalue weighted by atomic mass is 16.5. The predicted octanol–water partition coefficient (Wildman–Crippen LogP) is -0.441. The number of hydrogen-bond acceptors (Lipinski definition) is 4. The van der Waals surface area contributed by atoms with Gasteiger partial charge in [0.1, 0.15) is 0 Å². The Labute approximate surface area is 97.3 Å². The third-order valence-corrected chi connectivity index (χ3v) is 3.44. The van der Waals surface area contributed by atoms with Crippen molar-refractivity contribution < 1.29 is 9.53 Å². The predicted molar refractivity (Wildman–Crippen MR) is 63.1 cm³/mol. The molecule has 0 bridgehead atoms. The number of amides is 1. The lowest BCUT2D eigenvalue weighted by Crippen LogP contribution is -2.55. The van der Waals surface area contributed by atoms with Crippen molar-refractivity contribution in [3.63, 3.8) is 0 Å². The van der Waals surface area contributed by atoms with E-state index in [1.165, 1.54) is 0 Å². The van der Waals surface area contributed by atoms with Crippen molar-refractivity contribution >= 4 is 5.91 Å². The van der Waals surface area contributed by atoms with E-state index in [2.05, 4.69) is 10.2 Å². The Kier molecular flexibility index (Phi) is 5.18. The standard InChI is InChI=1S/C11H23N3O2/c1-8(11(15)13-2)14-5-4-10(16-3)6-9(14)7-12/h8-10H,4-7,12H2,1-3H3,(H,13,15). The highest BCUT2D eigenvalue weighted by Gasteiger charge is 2.32. The second-order valence-corrected chi connectivity index (χ2v) is 4.30. The maximum absolute atomic E-state index is 11.6. The average molecular weight is 229 g/mol. The average Bonchev–Trinajstić information content (AvgIpc) is 2.35. The zero-order chi connectivity index (χ0) is 12.1. The fourth-order valence-corrected chi connectivity index (χ4v) is 2.35. The third kappa shape index (κ3) is 2.93. The number of nitrogens with zero attached hydrogens (tertiary/aromatic N) is 1. The molecular formula is C11H23N3O2. The van der Waals surface area contributed by atoms with Crippen LogP contribution in [-0.4, -0.2) is 56.2 Å². The van der Waals surface area contributed by atoms with Crippen LogP contribution in [0.3, 0.4) is 0 Å². The zero-order valence-corrected chi connectivity index (χ0v) is 10.4. The second-order valence-electron chi connectivity index (χ2n) is 4.30. The van der Waals surface area contributed by atoms with Crippen LogP contribution in [0.5, 0.6) is 0 Å². The van der Waals surface area contributed by atoms with E-state index in [1.807, 2.05) is 6.92 Å². The lowest BCUT2D eigenvalue weighted by atomic mass is 9.97. The maximum Gasteiger partial charge on any atom is 0.236 e. The molecule has 1 amide bonds. The van der Waals surface area contributed by atoms with Gasteiger partial charge in [0.25, 0.3) is 0 Å². The lowest BCUT2D eigenvalue weighted by molar-refractivity contribution is -0.127. The number of hydrogen-bond donors (Lipinski definition) is 2. The molecule has 0 spiro atoms. The van der Waals surface area contributed by atoms with E-state index in [0.29, 0.717) is 6.54 Å². The van der Waals surface area contributed by atoms with Crippen molar-refractivity contribution in [2.24, 2.45) is 5.73 Å². The topological polar surface area (TPSA) is 67.6 Å². The van der Waals surface area contributed by atoms with Crippen molar-refractivity contribution in [3.05, 3.63) is 0 Å². The summed E-state index contributed by atoms with van der Waals surface area (Å²) in [6.45, 7) is 3.37. The Morgan fingerprint density at radius 2 is 2.38 bits per heavy atom. The van der Waals surface area contributed by atoms with Crippen LogP contribution in [-0.2, 0) is 9.53 Å². The molecule has 1 heterocycles. The Bertz CT molecular complexity index is 235. The largest absolute Gasteiger partial charge is 0.381 e. The minimum absolute atomic E-state index is 0.0503. The van der Waals surface area contributed by atoms with Gasteiger partial charge < -0.3 is 15.8 Å². The fourth-order valence-electron chi connectivity index (χ4n) is 2.35. The normalized spacial score (nSPS) is 28.8. The van der Waals surface area contributed by atoms with Crippen molar-refractivity contribution in [2.75, 3.05) is 27.2 Å². The van der Waals surface area contributed by atoms with Crippen molar-refractivity contribution in [2.45, 2.75) is 38.0 Å². The third-order valence-electron chi connectivity index (χ3n) is 3.44. The molecule has 5 heteroatoms. The van der Waals surface area contributed by atoms with Crippen molar-refractivity contribution in [1.82, 2.24) is 10.2 Å².